The summed E-state index contributed by atoms with van der Waals surface area (Å²) in [5.41, 5.74) is 0.741. The maximum atomic E-state index is 14.4. The number of hydrogen-bond acceptors (Lipinski definition) is 4. The quantitative estimate of drug-likeness (QED) is 0.420. The van der Waals surface area contributed by atoms with Gasteiger partial charge in [0.1, 0.15) is 17.7 Å². The van der Waals surface area contributed by atoms with E-state index < -0.39 is 23.8 Å². The Kier molecular flexibility index (Phi) is 10.2. The second kappa shape index (κ2) is 13.2. The third kappa shape index (κ3) is 7.75. The lowest BCUT2D eigenvalue weighted by molar-refractivity contribution is -0.148. The topological polar surface area (TPSA) is 87.7 Å². The lowest BCUT2D eigenvalue weighted by Crippen LogP contribution is -2.59. The number of rotatable bonds is 9. The Bertz CT molecular complexity index is 997. The summed E-state index contributed by atoms with van der Waals surface area (Å²) in [5.74, 6) is 2.05. The number of carbonyl (C=O) groups excluding carboxylic acids is 3. The highest BCUT2D eigenvalue weighted by atomic mass is 16.6. The predicted octanol–water partition coefficient (Wildman–Crippen LogP) is 5.48. The van der Waals surface area contributed by atoms with E-state index in [2.05, 4.69) is 16.6 Å². The van der Waals surface area contributed by atoms with Gasteiger partial charge in [0.05, 0.1) is 0 Å². The Balaban J connectivity index is 1.99. The van der Waals surface area contributed by atoms with E-state index in [0.717, 1.165) is 50.5 Å². The first-order valence-corrected chi connectivity index (χ1v) is 14.2. The summed E-state index contributed by atoms with van der Waals surface area (Å²) >= 11 is 0. The van der Waals surface area contributed by atoms with Crippen LogP contribution in [0.15, 0.2) is 24.3 Å². The summed E-state index contributed by atoms with van der Waals surface area (Å²) in [7, 11) is 0. The molecule has 1 aromatic carbocycles. The largest absolute Gasteiger partial charge is 0.444 e. The van der Waals surface area contributed by atoms with Crippen molar-refractivity contribution in [3.05, 3.63) is 35.4 Å². The molecule has 0 spiro atoms. The number of carbonyl (C=O) groups is 3. The average Bonchev–Trinajstić information content (AvgIpc) is 2.85. The fourth-order valence-electron chi connectivity index (χ4n) is 5.19. The molecule has 0 aliphatic heterocycles. The van der Waals surface area contributed by atoms with E-state index in [0.29, 0.717) is 12.0 Å². The van der Waals surface area contributed by atoms with Crippen molar-refractivity contribution in [1.82, 2.24) is 15.5 Å². The van der Waals surface area contributed by atoms with Crippen molar-refractivity contribution in [1.29, 1.82) is 0 Å². The Morgan fingerprint density at radius 1 is 1.05 bits per heavy atom. The van der Waals surface area contributed by atoms with Gasteiger partial charge in [-0.15, -0.1) is 6.42 Å². The first-order chi connectivity index (χ1) is 18.0. The molecule has 2 aliphatic rings. The molecule has 208 valence electrons. The maximum Gasteiger partial charge on any atom is 0.408 e. The highest BCUT2D eigenvalue weighted by Gasteiger charge is 2.43. The van der Waals surface area contributed by atoms with Crippen LogP contribution in [0, 0.1) is 18.3 Å². The van der Waals surface area contributed by atoms with Crippen LogP contribution in [0.4, 0.5) is 4.79 Å². The molecule has 3 unspecified atom stereocenters. The van der Waals surface area contributed by atoms with E-state index in [1.54, 1.807) is 25.7 Å². The molecule has 0 aromatic heterocycles. The van der Waals surface area contributed by atoms with E-state index in [1.165, 1.54) is 6.42 Å². The lowest BCUT2D eigenvalue weighted by Gasteiger charge is -2.44. The third-order valence-corrected chi connectivity index (χ3v) is 7.75. The summed E-state index contributed by atoms with van der Waals surface area (Å²) in [5, 5.41) is 6.10. The van der Waals surface area contributed by atoms with Crippen LogP contribution in [0.25, 0.3) is 0 Å². The van der Waals surface area contributed by atoms with Gasteiger partial charge >= 0.3 is 6.09 Å². The van der Waals surface area contributed by atoms with Crippen molar-refractivity contribution in [2.45, 2.75) is 122 Å². The van der Waals surface area contributed by atoms with Gasteiger partial charge in [-0.2, -0.15) is 0 Å². The van der Waals surface area contributed by atoms with E-state index in [4.69, 9.17) is 11.2 Å². The van der Waals surface area contributed by atoms with Crippen LogP contribution in [0.2, 0.25) is 0 Å². The van der Waals surface area contributed by atoms with Crippen LogP contribution < -0.4 is 10.6 Å². The number of ether oxygens (including phenoxy) is 1. The molecule has 2 fully saturated rings. The molecule has 0 radical (unpaired) electrons. The van der Waals surface area contributed by atoms with Gasteiger partial charge in [0.2, 0.25) is 11.8 Å². The number of nitrogens with one attached hydrogen (secondary N) is 2. The molecule has 3 rings (SSSR count). The van der Waals surface area contributed by atoms with Gasteiger partial charge in [-0.25, -0.2) is 4.79 Å². The minimum Gasteiger partial charge on any atom is -0.444 e. The second-order valence-electron chi connectivity index (χ2n) is 11.9. The molecule has 3 atom stereocenters. The van der Waals surface area contributed by atoms with Crippen LogP contribution in [0.5, 0.6) is 0 Å². The zero-order chi connectivity index (χ0) is 27.9. The minimum atomic E-state index is -0.814. The van der Waals surface area contributed by atoms with Gasteiger partial charge in [0, 0.05) is 17.6 Å². The van der Waals surface area contributed by atoms with Crippen molar-refractivity contribution in [2.75, 3.05) is 0 Å². The molecular weight excluding hydrogens is 478 g/mol. The standard InChI is InChI=1S/C31H45N3O4/c1-7-21(3)26(33-30(37)38-31(4,5)6)29(36)34(25-15-12-16-25)27(23-19-17-22(8-2)18-20-23)28(35)32-24-13-10-9-11-14-24/h2,17-21,24-27H,7,9-16H2,1,3-6H3,(H,32,35)(H,33,37). The molecule has 2 N–H and O–H groups in total. The van der Waals surface area contributed by atoms with E-state index in [-0.39, 0.29) is 29.8 Å². The molecule has 2 aliphatic carbocycles. The molecular formula is C31H45N3O4. The number of terminal acetylenes is 1. The van der Waals surface area contributed by atoms with Crippen LogP contribution in [0.1, 0.15) is 110 Å². The van der Waals surface area contributed by atoms with Crippen LogP contribution >= 0.6 is 0 Å². The first kappa shape index (κ1) is 29.5. The fourth-order valence-corrected chi connectivity index (χ4v) is 5.19. The summed E-state index contributed by atoms with van der Waals surface area (Å²) in [6.45, 7) is 9.30. The average molecular weight is 524 g/mol. The Labute approximate surface area is 228 Å². The smallest absolute Gasteiger partial charge is 0.408 e. The van der Waals surface area contributed by atoms with Crippen LogP contribution in [-0.2, 0) is 14.3 Å². The third-order valence-electron chi connectivity index (χ3n) is 7.75. The van der Waals surface area contributed by atoms with Crippen molar-refractivity contribution in [3.8, 4) is 12.3 Å². The number of alkyl carbamates (subject to hydrolysis) is 1. The van der Waals surface area contributed by atoms with Crippen molar-refractivity contribution >= 4 is 17.9 Å². The molecule has 3 amide bonds. The summed E-state index contributed by atoms with van der Waals surface area (Å²) < 4.78 is 5.49. The lowest BCUT2D eigenvalue weighted by atomic mass is 9.86. The van der Waals surface area contributed by atoms with Crippen LogP contribution in [-0.4, -0.2) is 46.5 Å². The number of amides is 3. The molecule has 2 saturated carbocycles. The molecule has 1 aromatic rings. The molecule has 7 heteroatoms. The normalized spacial score (nSPS) is 18.7. The van der Waals surface area contributed by atoms with Crippen LogP contribution in [0.3, 0.4) is 0 Å². The first-order valence-electron chi connectivity index (χ1n) is 14.2. The number of benzene rings is 1. The zero-order valence-corrected chi connectivity index (χ0v) is 23.7. The molecule has 0 heterocycles. The molecule has 0 bridgehead atoms. The van der Waals surface area contributed by atoms with E-state index in [9.17, 15) is 14.4 Å². The van der Waals surface area contributed by atoms with Gasteiger partial charge in [-0.3, -0.25) is 9.59 Å². The van der Waals surface area contributed by atoms with Gasteiger partial charge in [0.25, 0.3) is 0 Å². The highest BCUT2D eigenvalue weighted by Crippen LogP contribution is 2.35. The highest BCUT2D eigenvalue weighted by molar-refractivity contribution is 5.92. The van der Waals surface area contributed by atoms with E-state index in [1.807, 2.05) is 38.1 Å². The molecule has 0 saturated heterocycles. The van der Waals surface area contributed by atoms with Gasteiger partial charge in [-0.1, -0.05) is 57.6 Å². The van der Waals surface area contributed by atoms with Crippen molar-refractivity contribution in [2.24, 2.45) is 5.92 Å². The minimum absolute atomic E-state index is 0.0797. The van der Waals surface area contributed by atoms with E-state index >= 15 is 0 Å². The molecule has 7 nitrogen and oxygen atoms in total. The second-order valence-corrected chi connectivity index (χ2v) is 11.9. The number of hydrogen-bond donors (Lipinski definition) is 2. The van der Waals surface area contributed by atoms with Gasteiger partial charge in [-0.05, 0) is 76.5 Å². The monoisotopic (exact) mass is 523 g/mol. The Morgan fingerprint density at radius 2 is 1.68 bits per heavy atom. The Hall–Kier alpha value is -3.01. The predicted molar refractivity (Wildman–Crippen MR) is 149 cm³/mol. The summed E-state index contributed by atoms with van der Waals surface area (Å²) in [6, 6.07) is 5.71. The zero-order valence-electron chi connectivity index (χ0n) is 23.7. The van der Waals surface area contributed by atoms with Gasteiger partial charge in [0.15, 0.2) is 0 Å². The van der Waals surface area contributed by atoms with Crippen molar-refractivity contribution < 1.29 is 19.1 Å². The SMILES string of the molecule is C#Cc1ccc(C(C(=O)NC2CCCCC2)N(C(=O)C(NC(=O)OC(C)(C)C)C(C)CC)C2CCC2)cc1. The summed E-state index contributed by atoms with van der Waals surface area (Å²) in [6.07, 6.45) is 13.5. The Morgan fingerprint density at radius 3 is 2.18 bits per heavy atom. The summed E-state index contributed by atoms with van der Waals surface area (Å²) in [4.78, 5) is 42.8. The maximum absolute atomic E-state index is 14.4. The molecule has 38 heavy (non-hydrogen) atoms. The fraction of sp³-hybridized carbons (Fsp3) is 0.645. The van der Waals surface area contributed by atoms with Crippen molar-refractivity contribution in [3.63, 3.8) is 0 Å². The number of nitrogens with zero attached hydrogens (tertiary/aromatic N) is 1. The van der Waals surface area contributed by atoms with Gasteiger partial charge < -0.3 is 20.3 Å².